The number of nitrogens with zero attached hydrogens (tertiary/aromatic N) is 3. The molecule has 180 valence electrons. The number of aromatic nitrogens is 2. The SMILES string of the molecule is O=C(c1ccc2nccn2c1)C1CC2CCC(C1)N2C(=O)OCC1c2ccccc2-c2ccccc21. The summed E-state index contributed by atoms with van der Waals surface area (Å²) in [5.41, 5.74) is 6.42. The third kappa shape index (κ3) is 3.35. The molecule has 2 aromatic heterocycles. The van der Waals surface area contributed by atoms with Crippen molar-refractivity contribution in [2.75, 3.05) is 6.61 Å². The molecule has 2 saturated heterocycles. The van der Waals surface area contributed by atoms with Crippen LogP contribution in [0.25, 0.3) is 16.8 Å². The monoisotopic (exact) mass is 477 g/mol. The molecule has 2 aliphatic heterocycles. The Kier molecular flexibility index (Phi) is 4.94. The molecular weight excluding hydrogens is 450 g/mol. The first kappa shape index (κ1) is 21.4. The van der Waals surface area contributed by atoms with Crippen molar-refractivity contribution in [3.05, 3.63) is 95.9 Å². The van der Waals surface area contributed by atoms with Crippen molar-refractivity contribution in [2.45, 2.75) is 43.7 Å². The van der Waals surface area contributed by atoms with Crippen LogP contribution in [0.3, 0.4) is 0 Å². The Morgan fingerprint density at radius 2 is 1.56 bits per heavy atom. The Labute approximate surface area is 209 Å². The number of hydrogen-bond acceptors (Lipinski definition) is 4. The van der Waals surface area contributed by atoms with E-state index in [0.29, 0.717) is 25.0 Å². The van der Waals surface area contributed by atoms with Crippen LogP contribution in [0.5, 0.6) is 0 Å². The first-order valence-corrected chi connectivity index (χ1v) is 12.8. The first-order valence-electron chi connectivity index (χ1n) is 12.8. The number of rotatable bonds is 4. The van der Waals surface area contributed by atoms with E-state index in [2.05, 4.69) is 41.4 Å². The molecule has 2 atom stereocenters. The first-order chi connectivity index (χ1) is 17.7. The van der Waals surface area contributed by atoms with Crippen molar-refractivity contribution < 1.29 is 14.3 Å². The Bertz CT molecular complexity index is 1430. The molecule has 2 fully saturated rings. The molecule has 3 aliphatic rings. The number of benzene rings is 2. The van der Waals surface area contributed by atoms with E-state index in [4.69, 9.17) is 4.74 Å². The fraction of sp³-hybridized carbons (Fsp3) is 0.300. The van der Waals surface area contributed by atoms with Crippen LogP contribution in [-0.4, -0.2) is 44.9 Å². The van der Waals surface area contributed by atoms with E-state index in [1.165, 1.54) is 22.3 Å². The summed E-state index contributed by atoms with van der Waals surface area (Å²) in [6.45, 7) is 0.329. The van der Waals surface area contributed by atoms with E-state index < -0.39 is 0 Å². The average molecular weight is 478 g/mol. The number of imidazole rings is 1. The highest BCUT2D eigenvalue weighted by atomic mass is 16.6. The molecular formula is C30H27N3O3. The number of amides is 1. The normalized spacial score (nSPS) is 22.4. The van der Waals surface area contributed by atoms with Gasteiger partial charge in [0.2, 0.25) is 0 Å². The van der Waals surface area contributed by atoms with E-state index in [9.17, 15) is 9.59 Å². The smallest absolute Gasteiger partial charge is 0.410 e. The second kappa shape index (κ2) is 8.33. The maximum Gasteiger partial charge on any atom is 0.410 e. The summed E-state index contributed by atoms with van der Waals surface area (Å²) in [5.74, 6) is 0.145. The van der Waals surface area contributed by atoms with Crippen molar-refractivity contribution in [1.82, 2.24) is 14.3 Å². The molecule has 7 rings (SSSR count). The zero-order valence-electron chi connectivity index (χ0n) is 19.9. The molecule has 36 heavy (non-hydrogen) atoms. The topological polar surface area (TPSA) is 63.9 Å². The predicted octanol–water partition coefficient (Wildman–Crippen LogP) is 5.71. The third-order valence-corrected chi connectivity index (χ3v) is 8.32. The quantitative estimate of drug-likeness (QED) is 0.353. The fourth-order valence-electron chi connectivity index (χ4n) is 6.66. The Balaban J connectivity index is 1.05. The van der Waals surface area contributed by atoms with Gasteiger partial charge in [0.05, 0.1) is 0 Å². The molecule has 2 unspecified atom stereocenters. The fourth-order valence-corrected chi connectivity index (χ4v) is 6.66. The van der Waals surface area contributed by atoms with Crippen molar-refractivity contribution in [3.63, 3.8) is 0 Å². The van der Waals surface area contributed by atoms with Gasteiger partial charge in [-0.3, -0.25) is 4.79 Å². The second-order valence-corrected chi connectivity index (χ2v) is 10.2. The Morgan fingerprint density at radius 1 is 0.889 bits per heavy atom. The standard InChI is InChI=1S/C30H27N3O3/c34-29(19-9-12-28-31-13-14-32(28)17-19)20-15-21-10-11-22(16-20)33(21)30(35)36-18-27-25-7-3-1-5-23(25)24-6-2-4-8-26(24)27/h1-9,12-14,17,20-22,27H,10-11,15-16,18H2. The summed E-state index contributed by atoms with van der Waals surface area (Å²) in [6.07, 6.45) is 8.47. The Morgan fingerprint density at radius 3 is 2.25 bits per heavy atom. The number of ketones is 1. The van der Waals surface area contributed by atoms with Gasteiger partial charge in [-0.1, -0.05) is 48.5 Å². The molecule has 0 saturated carbocycles. The number of hydrogen-bond donors (Lipinski definition) is 0. The molecule has 4 heterocycles. The number of Topliss-reactive ketones (excluding diaryl/α,β-unsaturated/α-hetero) is 1. The Hall–Kier alpha value is -3.93. The molecule has 6 heteroatoms. The lowest BCUT2D eigenvalue weighted by Crippen LogP contribution is -2.48. The lowest BCUT2D eigenvalue weighted by atomic mass is 9.85. The predicted molar refractivity (Wildman–Crippen MR) is 136 cm³/mol. The van der Waals surface area contributed by atoms with E-state index in [0.717, 1.165) is 18.5 Å². The van der Waals surface area contributed by atoms with Gasteiger partial charge in [0.25, 0.3) is 0 Å². The highest BCUT2D eigenvalue weighted by Gasteiger charge is 2.46. The van der Waals surface area contributed by atoms with Crippen LogP contribution in [0.15, 0.2) is 79.3 Å². The van der Waals surface area contributed by atoms with E-state index in [1.54, 1.807) is 6.20 Å². The highest BCUT2D eigenvalue weighted by Crippen LogP contribution is 2.45. The van der Waals surface area contributed by atoms with Gasteiger partial charge in [0.1, 0.15) is 12.3 Å². The molecule has 1 aliphatic carbocycles. The van der Waals surface area contributed by atoms with Gasteiger partial charge in [-0.2, -0.15) is 0 Å². The van der Waals surface area contributed by atoms with Gasteiger partial charge in [-0.05, 0) is 60.1 Å². The molecule has 2 bridgehead atoms. The maximum atomic E-state index is 13.3. The minimum Gasteiger partial charge on any atom is -0.448 e. The van der Waals surface area contributed by atoms with Crippen molar-refractivity contribution >= 4 is 17.5 Å². The van der Waals surface area contributed by atoms with Gasteiger partial charge in [-0.25, -0.2) is 9.78 Å². The number of carbonyl (C=O) groups excluding carboxylic acids is 2. The van der Waals surface area contributed by atoms with E-state index >= 15 is 0 Å². The zero-order valence-corrected chi connectivity index (χ0v) is 19.9. The van der Waals surface area contributed by atoms with Gasteiger partial charge in [-0.15, -0.1) is 0 Å². The van der Waals surface area contributed by atoms with Crippen LogP contribution in [0.1, 0.15) is 53.1 Å². The van der Waals surface area contributed by atoms with Gasteiger partial charge in [0, 0.05) is 48.1 Å². The van der Waals surface area contributed by atoms with Gasteiger partial charge < -0.3 is 14.0 Å². The van der Waals surface area contributed by atoms with Crippen LogP contribution in [0.2, 0.25) is 0 Å². The van der Waals surface area contributed by atoms with Crippen LogP contribution >= 0.6 is 0 Å². The van der Waals surface area contributed by atoms with Crippen molar-refractivity contribution in [3.8, 4) is 11.1 Å². The van der Waals surface area contributed by atoms with Gasteiger partial charge >= 0.3 is 6.09 Å². The minimum atomic E-state index is -0.241. The van der Waals surface area contributed by atoms with Crippen LogP contribution in [-0.2, 0) is 4.74 Å². The second-order valence-electron chi connectivity index (χ2n) is 10.2. The number of carbonyl (C=O) groups is 2. The molecule has 2 aromatic carbocycles. The van der Waals surface area contributed by atoms with Crippen LogP contribution in [0.4, 0.5) is 4.79 Å². The number of piperidine rings is 1. The van der Waals surface area contributed by atoms with Crippen molar-refractivity contribution in [2.24, 2.45) is 5.92 Å². The third-order valence-electron chi connectivity index (χ3n) is 8.32. The lowest BCUT2D eigenvalue weighted by molar-refractivity contribution is 0.0506. The van der Waals surface area contributed by atoms with E-state index in [1.807, 2.05) is 46.0 Å². The lowest BCUT2D eigenvalue weighted by Gasteiger charge is -2.37. The van der Waals surface area contributed by atoms with Crippen LogP contribution < -0.4 is 0 Å². The molecule has 4 aromatic rings. The van der Waals surface area contributed by atoms with Crippen LogP contribution in [0, 0.1) is 5.92 Å². The largest absolute Gasteiger partial charge is 0.448 e. The molecule has 0 spiro atoms. The number of ether oxygens (including phenoxy) is 1. The van der Waals surface area contributed by atoms with E-state index in [-0.39, 0.29) is 35.8 Å². The summed E-state index contributed by atoms with van der Waals surface area (Å²) in [5, 5.41) is 0. The highest BCUT2D eigenvalue weighted by molar-refractivity contribution is 5.98. The summed E-state index contributed by atoms with van der Waals surface area (Å²) in [7, 11) is 0. The zero-order chi connectivity index (χ0) is 24.2. The van der Waals surface area contributed by atoms with Crippen molar-refractivity contribution in [1.29, 1.82) is 0 Å². The summed E-state index contributed by atoms with van der Waals surface area (Å²) in [4.78, 5) is 32.8. The molecule has 1 amide bonds. The number of pyridine rings is 1. The minimum absolute atomic E-state index is 0.0520. The molecule has 0 radical (unpaired) electrons. The molecule has 6 nitrogen and oxygen atoms in total. The van der Waals surface area contributed by atoms with Gasteiger partial charge in [0.15, 0.2) is 5.78 Å². The average Bonchev–Trinajstić information content (AvgIpc) is 3.59. The molecule has 0 N–H and O–H groups in total. The summed E-state index contributed by atoms with van der Waals surface area (Å²) < 4.78 is 7.85. The maximum absolute atomic E-state index is 13.3. The number of fused-ring (bicyclic) bond motifs is 6. The summed E-state index contributed by atoms with van der Waals surface area (Å²) >= 11 is 0. The summed E-state index contributed by atoms with van der Waals surface area (Å²) in [6, 6.07) is 20.6.